The molecular formula is C19H23NO5. The van der Waals surface area contributed by atoms with E-state index in [2.05, 4.69) is 5.32 Å². The number of ether oxygens (including phenoxy) is 2. The molecule has 1 N–H and O–H groups in total. The minimum Gasteiger partial charge on any atom is -0.469 e. The monoisotopic (exact) mass is 345 g/mol. The van der Waals surface area contributed by atoms with Gasteiger partial charge in [-0.1, -0.05) is 0 Å². The highest BCUT2D eigenvalue weighted by atomic mass is 16.6. The smallest absolute Gasteiger partial charge is 0.354 e. The first-order valence-corrected chi connectivity index (χ1v) is 8.95. The van der Waals surface area contributed by atoms with E-state index < -0.39 is 0 Å². The maximum absolute atomic E-state index is 12.6. The van der Waals surface area contributed by atoms with Crippen LogP contribution in [0.4, 0.5) is 0 Å². The molecule has 0 bridgehead atoms. The molecule has 3 heterocycles. The van der Waals surface area contributed by atoms with Crippen molar-refractivity contribution in [2.45, 2.75) is 50.7 Å². The molecule has 1 aromatic rings. The molecule has 4 rings (SSSR count). The van der Waals surface area contributed by atoms with Crippen LogP contribution < -0.4 is 5.32 Å². The lowest BCUT2D eigenvalue weighted by Crippen LogP contribution is -2.40. The Bertz CT molecular complexity index is 687. The predicted octanol–water partition coefficient (Wildman–Crippen LogP) is 2.31. The van der Waals surface area contributed by atoms with Gasteiger partial charge in [-0.15, -0.1) is 0 Å². The van der Waals surface area contributed by atoms with Crippen LogP contribution in [0.15, 0.2) is 34.1 Å². The fraction of sp³-hybridized carbons (Fsp3) is 0.579. The van der Waals surface area contributed by atoms with Crippen LogP contribution in [0.25, 0.3) is 0 Å². The summed E-state index contributed by atoms with van der Waals surface area (Å²) in [5.74, 6) is 0.429. The summed E-state index contributed by atoms with van der Waals surface area (Å²) in [7, 11) is 0. The first-order chi connectivity index (χ1) is 12.1. The number of esters is 1. The molecule has 1 saturated heterocycles. The molecule has 1 aromatic heterocycles. The Labute approximate surface area is 146 Å². The van der Waals surface area contributed by atoms with Crippen molar-refractivity contribution in [3.63, 3.8) is 0 Å². The van der Waals surface area contributed by atoms with Crippen LogP contribution in [0, 0.1) is 5.92 Å². The molecule has 6 nitrogen and oxygen atoms in total. The number of hydrogen-bond acceptors (Lipinski definition) is 6. The molecule has 3 aliphatic rings. The fourth-order valence-electron chi connectivity index (χ4n) is 4.24. The maximum Gasteiger partial charge on any atom is 0.354 e. The van der Waals surface area contributed by atoms with E-state index in [0.717, 1.165) is 37.2 Å². The topological polar surface area (TPSA) is 77.8 Å². The molecule has 2 fully saturated rings. The zero-order chi connectivity index (χ0) is 17.4. The highest BCUT2D eigenvalue weighted by molar-refractivity contribution is 5.94. The van der Waals surface area contributed by atoms with Gasteiger partial charge in [0.05, 0.1) is 18.3 Å². The minimum atomic E-state index is -0.384. The number of rotatable bonds is 4. The lowest BCUT2D eigenvalue weighted by atomic mass is 9.75. The quantitative estimate of drug-likeness (QED) is 0.844. The zero-order valence-corrected chi connectivity index (χ0v) is 14.3. The van der Waals surface area contributed by atoms with Gasteiger partial charge in [-0.05, 0) is 43.9 Å². The van der Waals surface area contributed by atoms with Gasteiger partial charge in [0.1, 0.15) is 23.8 Å². The summed E-state index contributed by atoms with van der Waals surface area (Å²) in [5.41, 5.74) is 1.24. The van der Waals surface area contributed by atoms with Gasteiger partial charge in [0.25, 0.3) is 0 Å². The zero-order valence-electron chi connectivity index (χ0n) is 14.3. The van der Waals surface area contributed by atoms with E-state index in [4.69, 9.17) is 13.9 Å². The van der Waals surface area contributed by atoms with Crippen molar-refractivity contribution in [3.05, 3.63) is 35.4 Å². The van der Waals surface area contributed by atoms with Crippen molar-refractivity contribution in [1.82, 2.24) is 5.32 Å². The third-order valence-electron chi connectivity index (χ3n) is 5.50. The van der Waals surface area contributed by atoms with E-state index in [1.807, 2.05) is 19.1 Å². The van der Waals surface area contributed by atoms with Crippen LogP contribution in [0.3, 0.4) is 0 Å². The third-order valence-corrected chi connectivity index (χ3v) is 5.50. The molecule has 2 aliphatic heterocycles. The third kappa shape index (κ3) is 3.11. The number of hydrogen-bond donors (Lipinski definition) is 1. The summed E-state index contributed by atoms with van der Waals surface area (Å²) in [6, 6.07) is 3.68. The molecule has 1 saturated carbocycles. The van der Waals surface area contributed by atoms with E-state index in [1.165, 1.54) is 0 Å². The van der Waals surface area contributed by atoms with Gasteiger partial charge < -0.3 is 19.2 Å². The largest absolute Gasteiger partial charge is 0.469 e. The van der Waals surface area contributed by atoms with Crippen molar-refractivity contribution in [2.75, 3.05) is 13.2 Å². The van der Waals surface area contributed by atoms with Crippen LogP contribution >= 0.6 is 0 Å². The van der Waals surface area contributed by atoms with Crippen LogP contribution in [0.1, 0.15) is 44.3 Å². The molecule has 25 heavy (non-hydrogen) atoms. The number of ketones is 1. The highest BCUT2D eigenvalue weighted by Gasteiger charge is 2.45. The summed E-state index contributed by atoms with van der Waals surface area (Å²) in [4.78, 5) is 25.1. The second kappa shape index (κ2) is 6.67. The molecular weight excluding hydrogens is 322 g/mol. The van der Waals surface area contributed by atoms with Crippen molar-refractivity contribution in [3.8, 4) is 0 Å². The summed E-state index contributed by atoms with van der Waals surface area (Å²) < 4.78 is 16.4. The van der Waals surface area contributed by atoms with Crippen LogP contribution in [0.2, 0.25) is 0 Å². The number of carbonyl (C=O) groups is 2. The SMILES string of the molecule is CC1=C(C(=O)OCC2CCCO2)NC2CC(c3ccco3)CC(=O)C12. The number of furan rings is 1. The number of Topliss-reactive ketones (excluding diaryl/α,β-unsaturated/α-hetero) is 1. The van der Waals surface area contributed by atoms with Gasteiger partial charge in [-0.3, -0.25) is 4.79 Å². The van der Waals surface area contributed by atoms with Gasteiger partial charge in [0.15, 0.2) is 0 Å². The molecule has 4 unspecified atom stereocenters. The van der Waals surface area contributed by atoms with E-state index >= 15 is 0 Å². The van der Waals surface area contributed by atoms with Gasteiger partial charge in [0.2, 0.25) is 0 Å². The van der Waals surface area contributed by atoms with Gasteiger partial charge >= 0.3 is 5.97 Å². The Morgan fingerprint density at radius 1 is 1.44 bits per heavy atom. The van der Waals surface area contributed by atoms with Crippen molar-refractivity contribution >= 4 is 11.8 Å². The molecule has 6 heteroatoms. The normalized spacial score (nSPS) is 31.8. The van der Waals surface area contributed by atoms with Crippen molar-refractivity contribution < 1.29 is 23.5 Å². The summed E-state index contributed by atoms with van der Waals surface area (Å²) in [6.45, 7) is 2.86. The molecule has 0 aromatic carbocycles. The number of carbonyl (C=O) groups excluding carboxylic acids is 2. The summed E-state index contributed by atoms with van der Waals surface area (Å²) in [6.07, 6.45) is 4.78. The molecule has 1 aliphatic carbocycles. The first-order valence-electron chi connectivity index (χ1n) is 8.95. The lowest BCUT2D eigenvalue weighted by molar-refractivity contribution is -0.142. The first kappa shape index (κ1) is 16.4. The average Bonchev–Trinajstić information content (AvgIpc) is 3.34. The minimum absolute atomic E-state index is 0.00139. The molecule has 0 spiro atoms. The van der Waals surface area contributed by atoms with Crippen LogP contribution in [-0.2, 0) is 19.1 Å². The van der Waals surface area contributed by atoms with Gasteiger partial charge in [0, 0.05) is 25.0 Å². The second-order valence-corrected chi connectivity index (χ2v) is 7.14. The van der Waals surface area contributed by atoms with Crippen LogP contribution in [-0.4, -0.2) is 37.1 Å². The Morgan fingerprint density at radius 3 is 3.04 bits per heavy atom. The Kier molecular flexibility index (Phi) is 4.37. The van der Waals surface area contributed by atoms with Crippen molar-refractivity contribution in [2.24, 2.45) is 5.92 Å². The van der Waals surface area contributed by atoms with Gasteiger partial charge in [-0.25, -0.2) is 4.79 Å². The predicted molar refractivity (Wildman–Crippen MR) is 88.7 cm³/mol. The van der Waals surface area contributed by atoms with E-state index in [-0.39, 0.29) is 42.3 Å². The van der Waals surface area contributed by atoms with Crippen LogP contribution in [0.5, 0.6) is 0 Å². The standard InChI is InChI=1S/C19H23NO5/c1-11-17-14(8-12(9-15(17)21)16-5-3-7-24-16)20-18(11)19(22)25-10-13-4-2-6-23-13/h3,5,7,12-14,17,20H,2,4,6,8-10H2,1H3. The summed E-state index contributed by atoms with van der Waals surface area (Å²) in [5, 5.41) is 3.24. The highest BCUT2D eigenvalue weighted by Crippen LogP contribution is 2.41. The Morgan fingerprint density at radius 2 is 2.32 bits per heavy atom. The summed E-state index contributed by atoms with van der Waals surface area (Å²) >= 11 is 0. The lowest BCUT2D eigenvalue weighted by Gasteiger charge is -2.30. The van der Waals surface area contributed by atoms with Crippen molar-refractivity contribution in [1.29, 1.82) is 0 Å². The van der Waals surface area contributed by atoms with E-state index in [9.17, 15) is 9.59 Å². The molecule has 0 amide bonds. The Balaban J connectivity index is 1.43. The number of fused-ring (bicyclic) bond motifs is 1. The maximum atomic E-state index is 12.6. The molecule has 134 valence electrons. The average molecular weight is 345 g/mol. The number of nitrogens with one attached hydrogen (secondary N) is 1. The second-order valence-electron chi connectivity index (χ2n) is 7.14. The van der Waals surface area contributed by atoms with E-state index in [0.29, 0.717) is 12.1 Å². The molecule has 4 atom stereocenters. The van der Waals surface area contributed by atoms with E-state index in [1.54, 1.807) is 6.26 Å². The molecule has 0 radical (unpaired) electrons. The Hall–Kier alpha value is -2.08. The van der Waals surface area contributed by atoms with Gasteiger partial charge in [-0.2, -0.15) is 0 Å². The fourth-order valence-corrected chi connectivity index (χ4v) is 4.24.